The van der Waals surface area contributed by atoms with Crippen molar-refractivity contribution in [2.45, 2.75) is 19.5 Å². The van der Waals surface area contributed by atoms with Crippen molar-refractivity contribution in [1.82, 2.24) is 28.6 Å². The molecule has 2 aliphatic rings. The summed E-state index contributed by atoms with van der Waals surface area (Å²) in [5.74, 6) is 0.663. The Morgan fingerprint density at radius 1 is 1.17 bits per heavy atom. The van der Waals surface area contributed by atoms with Crippen LogP contribution in [-0.2, 0) is 32.6 Å². The highest BCUT2D eigenvalue weighted by molar-refractivity contribution is 7.89. The van der Waals surface area contributed by atoms with Gasteiger partial charge in [0.25, 0.3) is 5.56 Å². The lowest BCUT2D eigenvalue weighted by atomic mass is 9.96. The van der Waals surface area contributed by atoms with Crippen molar-refractivity contribution in [3.8, 4) is 0 Å². The van der Waals surface area contributed by atoms with Gasteiger partial charge in [0.2, 0.25) is 21.9 Å². The van der Waals surface area contributed by atoms with Crippen molar-refractivity contribution in [3.05, 3.63) is 71.2 Å². The number of hydrogen-bond acceptors (Lipinski definition) is 9. The van der Waals surface area contributed by atoms with Crippen molar-refractivity contribution in [2.75, 3.05) is 64.1 Å². The van der Waals surface area contributed by atoms with Gasteiger partial charge in [0.15, 0.2) is 0 Å². The summed E-state index contributed by atoms with van der Waals surface area (Å²) < 4.78 is 33.0. The molecule has 1 amide bonds. The maximum Gasteiger partial charge on any atom is 0.252 e. The van der Waals surface area contributed by atoms with Gasteiger partial charge in [-0.15, -0.1) is 0 Å². The van der Waals surface area contributed by atoms with E-state index in [1.807, 2.05) is 24.3 Å². The van der Waals surface area contributed by atoms with Gasteiger partial charge in [-0.2, -0.15) is 9.29 Å². The SMILES string of the molecule is C=CC(=O)N1CC(CCn2c(=O)ccc3cnc(Nc4cccc(CN5CCN(S(=O)(=O)CCOC)CC5)c4)nc32)C1. The molecule has 1 aromatic carbocycles. The molecule has 5 rings (SSSR count). The monoisotopic (exact) mass is 595 g/mol. The Kier molecular flexibility index (Phi) is 9.31. The van der Waals surface area contributed by atoms with E-state index in [-0.39, 0.29) is 23.8 Å². The molecule has 2 aromatic heterocycles. The van der Waals surface area contributed by atoms with E-state index in [1.54, 1.807) is 26.0 Å². The van der Waals surface area contributed by atoms with Crippen LogP contribution in [0.1, 0.15) is 12.0 Å². The molecule has 0 bridgehead atoms. The second kappa shape index (κ2) is 13.1. The number of likely N-dealkylation sites (tertiary alicyclic amines) is 1. The highest BCUT2D eigenvalue weighted by atomic mass is 32.2. The highest BCUT2D eigenvalue weighted by Crippen LogP contribution is 2.22. The van der Waals surface area contributed by atoms with Crippen LogP contribution in [0, 0.1) is 5.92 Å². The predicted octanol–water partition coefficient (Wildman–Crippen LogP) is 1.66. The minimum atomic E-state index is -3.30. The summed E-state index contributed by atoms with van der Waals surface area (Å²) in [7, 11) is -1.80. The van der Waals surface area contributed by atoms with E-state index in [9.17, 15) is 18.0 Å². The van der Waals surface area contributed by atoms with Crippen LogP contribution < -0.4 is 10.9 Å². The second-order valence-corrected chi connectivity index (χ2v) is 12.8. The molecule has 2 fully saturated rings. The topological polar surface area (TPSA) is 130 Å². The van der Waals surface area contributed by atoms with E-state index in [0.717, 1.165) is 23.1 Å². The third kappa shape index (κ3) is 7.04. The van der Waals surface area contributed by atoms with E-state index in [1.165, 1.54) is 19.3 Å². The van der Waals surface area contributed by atoms with Gasteiger partial charge >= 0.3 is 0 Å². The number of aryl methyl sites for hydroxylation is 1. The van der Waals surface area contributed by atoms with Crippen LogP contribution in [0.25, 0.3) is 11.0 Å². The molecule has 3 aromatic rings. The highest BCUT2D eigenvalue weighted by Gasteiger charge is 2.29. The van der Waals surface area contributed by atoms with Gasteiger partial charge in [0, 0.05) is 82.8 Å². The number of rotatable bonds is 12. The number of pyridine rings is 1. The van der Waals surface area contributed by atoms with E-state index in [4.69, 9.17) is 4.74 Å². The van der Waals surface area contributed by atoms with E-state index in [0.29, 0.717) is 69.9 Å². The molecule has 2 aliphatic heterocycles. The van der Waals surface area contributed by atoms with Crippen molar-refractivity contribution < 1.29 is 17.9 Å². The number of carbonyl (C=O) groups excluding carboxylic acids is 1. The standard InChI is InChI=1S/C29H37N7O5S/c1-3-26(37)34-20-23(21-34)9-10-36-27(38)8-7-24-18-30-29(32-28(24)36)31-25-6-4-5-22(17-25)19-33-11-13-35(14-12-33)42(39,40)16-15-41-2/h3-8,17-18,23H,1,9-16,19-21H2,2H3,(H,30,31,32). The molecule has 0 unspecified atom stereocenters. The summed E-state index contributed by atoms with van der Waals surface area (Å²) in [4.78, 5) is 37.6. The number of fused-ring (bicyclic) bond motifs is 1. The summed E-state index contributed by atoms with van der Waals surface area (Å²) in [6.45, 7) is 8.49. The molecule has 0 saturated carbocycles. The minimum absolute atomic E-state index is 0.00170. The van der Waals surface area contributed by atoms with Crippen molar-refractivity contribution in [3.63, 3.8) is 0 Å². The second-order valence-electron chi connectivity index (χ2n) is 10.7. The zero-order valence-electron chi connectivity index (χ0n) is 23.8. The van der Waals surface area contributed by atoms with E-state index in [2.05, 4.69) is 26.8 Å². The first-order chi connectivity index (χ1) is 20.3. The van der Waals surface area contributed by atoms with E-state index < -0.39 is 10.0 Å². The summed E-state index contributed by atoms with van der Waals surface area (Å²) in [5.41, 5.74) is 2.34. The van der Waals surface area contributed by atoms with Crippen LogP contribution in [-0.4, -0.2) is 102 Å². The van der Waals surface area contributed by atoms with Crippen LogP contribution in [0.2, 0.25) is 0 Å². The molecule has 0 aliphatic carbocycles. The van der Waals surface area contributed by atoms with Gasteiger partial charge in [0.1, 0.15) is 5.65 Å². The van der Waals surface area contributed by atoms with Crippen LogP contribution >= 0.6 is 0 Å². The van der Waals surface area contributed by atoms with E-state index >= 15 is 0 Å². The Morgan fingerprint density at radius 2 is 1.95 bits per heavy atom. The first-order valence-electron chi connectivity index (χ1n) is 14.1. The smallest absolute Gasteiger partial charge is 0.252 e. The fourth-order valence-corrected chi connectivity index (χ4v) is 6.69. The van der Waals surface area contributed by atoms with Gasteiger partial charge in [-0.1, -0.05) is 18.7 Å². The summed E-state index contributed by atoms with van der Waals surface area (Å²) in [6, 6.07) is 11.2. The number of benzene rings is 1. The zero-order chi connectivity index (χ0) is 29.7. The molecule has 224 valence electrons. The van der Waals surface area contributed by atoms with Crippen LogP contribution in [0.4, 0.5) is 11.6 Å². The number of methoxy groups -OCH3 is 1. The molecule has 0 atom stereocenters. The molecule has 4 heterocycles. The van der Waals surface area contributed by atoms with Gasteiger partial charge in [-0.3, -0.25) is 19.1 Å². The lowest BCUT2D eigenvalue weighted by Gasteiger charge is -2.38. The Labute approximate surface area is 245 Å². The number of nitrogens with zero attached hydrogens (tertiary/aromatic N) is 6. The Bertz CT molecular complexity index is 1600. The average molecular weight is 596 g/mol. The number of aromatic nitrogens is 3. The predicted molar refractivity (Wildman–Crippen MR) is 161 cm³/mol. The first-order valence-corrected chi connectivity index (χ1v) is 15.7. The number of hydrogen-bond donors (Lipinski definition) is 1. The van der Waals surface area contributed by atoms with Crippen LogP contribution in [0.3, 0.4) is 0 Å². The van der Waals surface area contributed by atoms with Gasteiger partial charge < -0.3 is 15.0 Å². The van der Waals surface area contributed by atoms with Crippen LogP contribution in [0.15, 0.2) is 60.0 Å². The number of sulfonamides is 1. The molecule has 12 nitrogen and oxygen atoms in total. The lowest BCUT2D eigenvalue weighted by molar-refractivity contribution is -0.132. The van der Waals surface area contributed by atoms with Gasteiger partial charge in [0.05, 0.1) is 12.4 Å². The summed E-state index contributed by atoms with van der Waals surface area (Å²) in [5, 5.41) is 4.04. The quantitative estimate of drug-likeness (QED) is 0.311. The molecule has 0 spiro atoms. The number of ether oxygens (including phenoxy) is 1. The molecular weight excluding hydrogens is 558 g/mol. The summed E-state index contributed by atoms with van der Waals surface area (Å²) >= 11 is 0. The number of amides is 1. The Morgan fingerprint density at radius 3 is 2.69 bits per heavy atom. The molecule has 1 N–H and O–H groups in total. The number of piperazine rings is 1. The number of anilines is 2. The average Bonchev–Trinajstić information content (AvgIpc) is 2.96. The molecule has 2 saturated heterocycles. The van der Waals surface area contributed by atoms with Gasteiger partial charge in [-0.25, -0.2) is 13.4 Å². The van der Waals surface area contributed by atoms with Crippen molar-refractivity contribution in [1.29, 1.82) is 0 Å². The fraction of sp³-hybridized carbons (Fsp3) is 0.448. The fourth-order valence-electron chi connectivity index (χ4n) is 5.34. The Hall–Kier alpha value is -3.65. The summed E-state index contributed by atoms with van der Waals surface area (Å²) in [6.07, 6.45) is 3.80. The first kappa shape index (κ1) is 29.8. The maximum atomic E-state index is 12.8. The molecular formula is C29H37N7O5S. The normalized spacial score (nSPS) is 16.8. The van der Waals surface area contributed by atoms with Crippen LogP contribution in [0.5, 0.6) is 0 Å². The number of carbonyl (C=O) groups is 1. The molecule has 42 heavy (non-hydrogen) atoms. The minimum Gasteiger partial charge on any atom is -0.384 e. The number of nitrogens with one attached hydrogen (secondary N) is 1. The van der Waals surface area contributed by atoms with Gasteiger partial charge in [-0.05, 0) is 42.2 Å². The maximum absolute atomic E-state index is 12.8. The molecule has 13 heteroatoms. The third-order valence-corrected chi connectivity index (χ3v) is 9.62. The largest absolute Gasteiger partial charge is 0.384 e. The van der Waals surface area contributed by atoms with Crippen molar-refractivity contribution >= 4 is 38.6 Å². The van der Waals surface area contributed by atoms with Crippen molar-refractivity contribution in [2.24, 2.45) is 5.92 Å². The lowest BCUT2D eigenvalue weighted by Crippen LogP contribution is -2.49. The molecule has 0 radical (unpaired) electrons. The zero-order valence-corrected chi connectivity index (χ0v) is 24.6. The Balaban J connectivity index is 1.21. The third-order valence-electron chi connectivity index (χ3n) is 7.79.